The predicted molar refractivity (Wildman–Crippen MR) is 72.7 cm³/mol. The van der Waals surface area contributed by atoms with Crippen LogP contribution >= 0.6 is 0 Å². The number of hydrogen-bond acceptors (Lipinski definition) is 4. The molecule has 0 aliphatic carbocycles. The van der Waals surface area contributed by atoms with Crippen LogP contribution in [0.1, 0.15) is 12.0 Å². The fourth-order valence-corrected chi connectivity index (χ4v) is 1.59. The van der Waals surface area contributed by atoms with E-state index in [1.165, 1.54) is 7.11 Å². The second-order valence-corrected chi connectivity index (χ2v) is 4.29. The number of aryl methyl sites for hydroxylation is 1. The normalized spacial score (nSPS) is 11.7. The molecule has 1 atom stereocenters. The number of hydrogen-bond donors (Lipinski definition) is 2. The quantitative estimate of drug-likeness (QED) is 0.742. The maximum absolute atomic E-state index is 11.7. The summed E-state index contributed by atoms with van der Waals surface area (Å²) in [5.41, 5.74) is 0.912. The molecule has 0 aliphatic heterocycles. The Labute approximate surface area is 117 Å². The Morgan fingerprint density at radius 3 is 2.65 bits per heavy atom. The van der Waals surface area contributed by atoms with E-state index < -0.39 is 17.9 Å². The Bertz CT molecular complexity index is 461. The highest BCUT2D eigenvalue weighted by atomic mass is 16.5. The number of rotatable bonds is 8. The van der Waals surface area contributed by atoms with Crippen molar-refractivity contribution in [2.24, 2.45) is 0 Å². The highest BCUT2D eigenvalue weighted by molar-refractivity contribution is 5.84. The Morgan fingerprint density at radius 1 is 1.35 bits per heavy atom. The summed E-state index contributed by atoms with van der Waals surface area (Å²) < 4.78 is 10.2. The third-order valence-corrected chi connectivity index (χ3v) is 2.70. The van der Waals surface area contributed by atoms with Crippen LogP contribution in [0, 0.1) is 6.92 Å². The molecule has 0 saturated carbocycles. The Balaban J connectivity index is 2.46. The molecule has 6 nitrogen and oxygen atoms in total. The first-order valence-electron chi connectivity index (χ1n) is 6.24. The summed E-state index contributed by atoms with van der Waals surface area (Å²) in [5.74, 6) is -0.963. The van der Waals surface area contributed by atoms with Crippen molar-refractivity contribution in [3.8, 4) is 5.75 Å². The second-order valence-electron chi connectivity index (χ2n) is 4.29. The molecule has 1 aromatic rings. The number of nitrogens with one attached hydrogen (secondary N) is 1. The number of methoxy groups -OCH3 is 1. The molecular weight excluding hydrogens is 262 g/mol. The van der Waals surface area contributed by atoms with E-state index in [0.29, 0.717) is 5.75 Å². The Morgan fingerprint density at radius 2 is 2.05 bits per heavy atom. The molecule has 0 heterocycles. The van der Waals surface area contributed by atoms with Gasteiger partial charge in [-0.25, -0.2) is 4.79 Å². The van der Waals surface area contributed by atoms with Crippen molar-refractivity contribution >= 4 is 11.9 Å². The molecule has 0 spiro atoms. The molecule has 1 unspecified atom stereocenters. The first-order chi connectivity index (χ1) is 9.54. The van der Waals surface area contributed by atoms with Gasteiger partial charge in [-0.05, 0) is 18.6 Å². The van der Waals surface area contributed by atoms with Crippen molar-refractivity contribution in [2.75, 3.05) is 20.3 Å². The van der Waals surface area contributed by atoms with E-state index >= 15 is 0 Å². The van der Waals surface area contributed by atoms with Crippen molar-refractivity contribution in [1.29, 1.82) is 0 Å². The van der Waals surface area contributed by atoms with E-state index in [4.69, 9.17) is 14.6 Å². The number of benzene rings is 1. The number of ether oxygens (including phenoxy) is 2. The lowest BCUT2D eigenvalue weighted by molar-refractivity contribution is -0.142. The second kappa shape index (κ2) is 8.16. The van der Waals surface area contributed by atoms with Gasteiger partial charge in [0, 0.05) is 20.1 Å². The van der Waals surface area contributed by atoms with Crippen molar-refractivity contribution < 1.29 is 24.2 Å². The van der Waals surface area contributed by atoms with E-state index in [1.54, 1.807) is 12.1 Å². The molecule has 1 amide bonds. The average Bonchev–Trinajstić information content (AvgIpc) is 2.42. The summed E-state index contributed by atoms with van der Waals surface area (Å²) in [6.45, 7) is 1.91. The number of carboxylic acid groups (broad SMARTS) is 1. The van der Waals surface area contributed by atoms with Crippen LogP contribution in [-0.2, 0) is 14.3 Å². The lowest BCUT2D eigenvalue weighted by atomic mass is 10.2. The first kappa shape index (κ1) is 16.0. The van der Waals surface area contributed by atoms with Crippen LogP contribution in [0.25, 0.3) is 0 Å². The maximum Gasteiger partial charge on any atom is 0.326 e. The van der Waals surface area contributed by atoms with Gasteiger partial charge in [0.15, 0.2) is 6.61 Å². The summed E-state index contributed by atoms with van der Waals surface area (Å²) in [6.07, 6.45) is 0.210. The van der Waals surface area contributed by atoms with E-state index in [-0.39, 0.29) is 19.6 Å². The van der Waals surface area contributed by atoms with Crippen LogP contribution in [0.15, 0.2) is 24.3 Å². The van der Waals surface area contributed by atoms with Crippen LogP contribution in [0.4, 0.5) is 0 Å². The van der Waals surface area contributed by atoms with Gasteiger partial charge >= 0.3 is 5.97 Å². The van der Waals surface area contributed by atoms with Crippen LogP contribution in [0.3, 0.4) is 0 Å². The monoisotopic (exact) mass is 281 g/mol. The minimum absolute atomic E-state index is 0.210. The topological polar surface area (TPSA) is 84.9 Å². The fourth-order valence-electron chi connectivity index (χ4n) is 1.59. The maximum atomic E-state index is 11.7. The molecule has 0 bridgehead atoms. The highest BCUT2D eigenvalue weighted by Crippen LogP contribution is 2.15. The zero-order chi connectivity index (χ0) is 15.0. The van der Waals surface area contributed by atoms with Crippen LogP contribution in [0.2, 0.25) is 0 Å². The Hall–Kier alpha value is -2.08. The molecule has 0 aliphatic rings. The van der Waals surface area contributed by atoms with Gasteiger partial charge < -0.3 is 19.9 Å². The summed E-state index contributed by atoms with van der Waals surface area (Å²) in [5, 5.41) is 11.4. The van der Waals surface area contributed by atoms with Gasteiger partial charge in [0.1, 0.15) is 11.8 Å². The lowest BCUT2D eigenvalue weighted by Gasteiger charge is -2.14. The van der Waals surface area contributed by atoms with Crippen molar-refractivity contribution in [3.63, 3.8) is 0 Å². The lowest BCUT2D eigenvalue weighted by Crippen LogP contribution is -2.43. The van der Waals surface area contributed by atoms with E-state index in [9.17, 15) is 9.59 Å². The van der Waals surface area contributed by atoms with Gasteiger partial charge in [0.05, 0.1) is 0 Å². The third kappa shape index (κ3) is 5.27. The molecule has 1 aromatic carbocycles. The van der Waals surface area contributed by atoms with Gasteiger partial charge in [0.25, 0.3) is 5.91 Å². The van der Waals surface area contributed by atoms with Crippen molar-refractivity contribution in [3.05, 3.63) is 29.8 Å². The minimum atomic E-state index is -1.09. The molecule has 2 N–H and O–H groups in total. The number of carbonyl (C=O) groups is 2. The molecular formula is C14H19NO5. The van der Waals surface area contributed by atoms with E-state index in [0.717, 1.165) is 5.56 Å². The molecule has 0 fully saturated rings. The summed E-state index contributed by atoms with van der Waals surface area (Å²) >= 11 is 0. The predicted octanol–water partition coefficient (Wildman–Crippen LogP) is 0.980. The largest absolute Gasteiger partial charge is 0.484 e. The molecule has 20 heavy (non-hydrogen) atoms. The standard InChI is InChI=1S/C14H19NO5/c1-10-5-3-4-6-12(10)20-9-13(16)15-11(14(17)18)7-8-19-2/h3-6,11H,7-9H2,1-2H3,(H,15,16)(H,17,18). The van der Waals surface area contributed by atoms with Crippen molar-refractivity contribution in [2.45, 2.75) is 19.4 Å². The van der Waals surface area contributed by atoms with Gasteiger partial charge in [-0.1, -0.05) is 18.2 Å². The smallest absolute Gasteiger partial charge is 0.326 e. The summed E-state index contributed by atoms with van der Waals surface area (Å²) in [6, 6.07) is 6.32. The Kier molecular flexibility index (Phi) is 6.52. The fraction of sp³-hybridized carbons (Fsp3) is 0.429. The summed E-state index contributed by atoms with van der Waals surface area (Å²) in [4.78, 5) is 22.6. The number of amides is 1. The highest BCUT2D eigenvalue weighted by Gasteiger charge is 2.19. The van der Waals surface area contributed by atoms with Gasteiger partial charge in [-0.15, -0.1) is 0 Å². The van der Waals surface area contributed by atoms with Gasteiger partial charge in [-0.3, -0.25) is 4.79 Å². The minimum Gasteiger partial charge on any atom is -0.484 e. The average molecular weight is 281 g/mol. The summed E-state index contributed by atoms with van der Waals surface area (Å²) in [7, 11) is 1.47. The molecule has 0 saturated heterocycles. The van der Waals surface area contributed by atoms with E-state index in [1.807, 2.05) is 19.1 Å². The molecule has 110 valence electrons. The van der Waals surface area contributed by atoms with E-state index in [2.05, 4.69) is 5.32 Å². The third-order valence-electron chi connectivity index (χ3n) is 2.70. The zero-order valence-electron chi connectivity index (χ0n) is 11.6. The number of para-hydroxylation sites is 1. The molecule has 6 heteroatoms. The zero-order valence-corrected chi connectivity index (χ0v) is 11.6. The van der Waals surface area contributed by atoms with Gasteiger partial charge in [-0.2, -0.15) is 0 Å². The van der Waals surface area contributed by atoms with Gasteiger partial charge in [0.2, 0.25) is 0 Å². The first-order valence-corrected chi connectivity index (χ1v) is 6.24. The van der Waals surface area contributed by atoms with Crippen LogP contribution in [0.5, 0.6) is 5.75 Å². The van der Waals surface area contributed by atoms with Crippen molar-refractivity contribution in [1.82, 2.24) is 5.32 Å². The number of carbonyl (C=O) groups excluding carboxylic acids is 1. The molecule has 0 radical (unpaired) electrons. The number of aliphatic carboxylic acids is 1. The molecule has 0 aromatic heterocycles. The van der Waals surface area contributed by atoms with Crippen LogP contribution in [-0.4, -0.2) is 43.3 Å². The van der Waals surface area contributed by atoms with Crippen LogP contribution < -0.4 is 10.1 Å². The number of carboxylic acids is 1. The SMILES string of the molecule is COCCC(NC(=O)COc1ccccc1C)C(=O)O. The molecule has 1 rings (SSSR count).